The van der Waals surface area contributed by atoms with Crippen molar-refractivity contribution in [1.82, 2.24) is 0 Å². The van der Waals surface area contributed by atoms with E-state index in [1.807, 2.05) is 0 Å². The van der Waals surface area contributed by atoms with E-state index in [0.717, 1.165) is 6.42 Å². The minimum absolute atomic E-state index is 0.0151. The average molecular weight is 253 g/mol. The summed E-state index contributed by atoms with van der Waals surface area (Å²) >= 11 is 0. The van der Waals surface area contributed by atoms with Gasteiger partial charge in [-0.1, -0.05) is 52.2 Å². The molecule has 1 unspecified atom stereocenters. The zero-order valence-corrected chi connectivity index (χ0v) is 13.8. The Morgan fingerprint density at radius 1 is 1.17 bits per heavy atom. The third kappa shape index (κ3) is 8.74. The lowest BCUT2D eigenvalue weighted by atomic mass is 9.83. The maximum absolute atomic E-state index is 6.02. The van der Waals surface area contributed by atoms with Crippen LogP contribution in [0.2, 0.25) is 0 Å². The molecule has 0 aliphatic heterocycles. The summed E-state index contributed by atoms with van der Waals surface area (Å²) in [5.74, 6) is 0.684. The van der Waals surface area contributed by atoms with Gasteiger partial charge in [0.1, 0.15) is 0 Å². The summed E-state index contributed by atoms with van der Waals surface area (Å²) in [6.45, 7) is 15.8. The second kappa shape index (κ2) is 7.33. The Kier molecular flexibility index (Phi) is 7.21. The van der Waals surface area contributed by atoms with Gasteiger partial charge >= 0.3 is 0 Å². The van der Waals surface area contributed by atoms with E-state index in [-0.39, 0.29) is 5.54 Å². The lowest BCUT2D eigenvalue weighted by Crippen LogP contribution is -2.31. The Morgan fingerprint density at radius 2 is 1.72 bits per heavy atom. The fourth-order valence-corrected chi connectivity index (χ4v) is 2.57. The summed E-state index contributed by atoms with van der Waals surface area (Å²) in [6, 6.07) is 0. The number of hydrogen-bond acceptors (Lipinski definition) is 1. The van der Waals surface area contributed by atoms with Crippen molar-refractivity contribution in [2.45, 2.75) is 86.1 Å². The van der Waals surface area contributed by atoms with Crippen LogP contribution in [-0.4, -0.2) is 5.54 Å². The molecular formula is C17H35N. The van der Waals surface area contributed by atoms with Crippen molar-refractivity contribution in [1.29, 1.82) is 0 Å². The van der Waals surface area contributed by atoms with Gasteiger partial charge in [-0.15, -0.1) is 0 Å². The van der Waals surface area contributed by atoms with Crippen molar-refractivity contribution in [3.8, 4) is 0 Å². The molecule has 0 amide bonds. The fraction of sp³-hybridized carbons (Fsp3) is 0.882. The van der Waals surface area contributed by atoms with Crippen LogP contribution in [0.25, 0.3) is 0 Å². The molecule has 0 aromatic carbocycles. The summed E-state index contributed by atoms with van der Waals surface area (Å²) < 4.78 is 0. The minimum Gasteiger partial charge on any atom is -0.326 e. The number of nitrogens with two attached hydrogens (primary N) is 1. The third-order valence-electron chi connectivity index (χ3n) is 3.75. The van der Waals surface area contributed by atoms with Gasteiger partial charge in [-0.05, 0) is 51.4 Å². The molecular weight excluding hydrogens is 218 g/mol. The summed E-state index contributed by atoms with van der Waals surface area (Å²) in [5.41, 5.74) is 7.90. The van der Waals surface area contributed by atoms with Crippen LogP contribution in [0, 0.1) is 11.3 Å². The average Bonchev–Trinajstić information content (AvgIpc) is 2.14. The minimum atomic E-state index is -0.0151. The van der Waals surface area contributed by atoms with Gasteiger partial charge in [-0.2, -0.15) is 0 Å². The number of rotatable bonds is 8. The molecule has 0 saturated carbocycles. The van der Waals surface area contributed by atoms with Gasteiger partial charge in [0.2, 0.25) is 0 Å². The quantitative estimate of drug-likeness (QED) is 0.583. The summed E-state index contributed by atoms with van der Waals surface area (Å²) in [5, 5.41) is 0. The molecule has 0 aromatic heterocycles. The molecule has 1 nitrogen and oxygen atoms in total. The predicted octanol–water partition coefficient (Wildman–Crippen LogP) is 5.30. The van der Waals surface area contributed by atoms with E-state index >= 15 is 0 Å². The third-order valence-corrected chi connectivity index (χ3v) is 3.75. The van der Waals surface area contributed by atoms with Gasteiger partial charge in [0.15, 0.2) is 0 Å². The SMILES string of the molecule is CCCC(C)(C)/C=C(\C)C(C)CCCC(C)(C)N. The molecule has 0 spiro atoms. The van der Waals surface area contributed by atoms with Crippen LogP contribution in [0.3, 0.4) is 0 Å². The Labute approximate surface area is 115 Å². The lowest BCUT2D eigenvalue weighted by molar-refractivity contribution is 0.411. The van der Waals surface area contributed by atoms with Gasteiger partial charge in [0.25, 0.3) is 0 Å². The van der Waals surface area contributed by atoms with E-state index in [1.54, 1.807) is 5.57 Å². The highest BCUT2D eigenvalue weighted by atomic mass is 14.7. The highest BCUT2D eigenvalue weighted by Crippen LogP contribution is 2.29. The molecule has 1 heteroatoms. The molecule has 0 aliphatic rings. The molecule has 0 bridgehead atoms. The molecule has 0 aromatic rings. The van der Waals surface area contributed by atoms with Crippen LogP contribution in [0.15, 0.2) is 11.6 Å². The van der Waals surface area contributed by atoms with Gasteiger partial charge in [0.05, 0.1) is 0 Å². The molecule has 18 heavy (non-hydrogen) atoms. The molecule has 1 atom stereocenters. The first-order valence-electron chi connectivity index (χ1n) is 7.55. The van der Waals surface area contributed by atoms with Crippen molar-refractivity contribution in [3.05, 3.63) is 11.6 Å². The van der Waals surface area contributed by atoms with E-state index in [1.165, 1.54) is 25.7 Å². The number of hydrogen-bond donors (Lipinski definition) is 1. The summed E-state index contributed by atoms with van der Waals surface area (Å²) in [7, 11) is 0. The topological polar surface area (TPSA) is 26.0 Å². The van der Waals surface area contributed by atoms with E-state index < -0.39 is 0 Å². The lowest BCUT2D eigenvalue weighted by Gasteiger charge is -2.24. The van der Waals surface area contributed by atoms with Crippen LogP contribution in [0.4, 0.5) is 0 Å². The van der Waals surface area contributed by atoms with Gasteiger partial charge in [0, 0.05) is 5.54 Å². The molecule has 108 valence electrons. The fourth-order valence-electron chi connectivity index (χ4n) is 2.57. The van der Waals surface area contributed by atoms with Crippen molar-refractivity contribution in [2.75, 3.05) is 0 Å². The van der Waals surface area contributed by atoms with E-state index in [0.29, 0.717) is 11.3 Å². The Morgan fingerprint density at radius 3 is 2.17 bits per heavy atom. The molecule has 0 saturated heterocycles. The largest absolute Gasteiger partial charge is 0.326 e. The van der Waals surface area contributed by atoms with Crippen molar-refractivity contribution in [3.63, 3.8) is 0 Å². The van der Waals surface area contributed by atoms with Crippen molar-refractivity contribution in [2.24, 2.45) is 17.1 Å². The monoisotopic (exact) mass is 253 g/mol. The first kappa shape index (κ1) is 17.7. The molecule has 0 rings (SSSR count). The standard InChI is InChI=1S/C17H35N/c1-8-11-16(4,5)13-15(3)14(2)10-9-12-17(6,7)18/h13-14H,8-12,18H2,1-7H3/b15-13+. The van der Waals surface area contributed by atoms with E-state index in [9.17, 15) is 0 Å². The van der Waals surface area contributed by atoms with Gasteiger partial charge < -0.3 is 5.73 Å². The smallest absolute Gasteiger partial charge is 0.00970 e. The molecule has 0 radical (unpaired) electrons. The second-order valence-corrected chi connectivity index (χ2v) is 7.41. The van der Waals surface area contributed by atoms with Crippen LogP contribution >= 0.6 is 0 Å². The molecule has 0 heterocycles. The predicted molar refractivity (Wildman–Crippen MR) is 83.7 cm³/mol. The van der Waals surface area contributed by atoms with E-state index in [2.05, 4.69) is 54.5 Å². The first-order valence-corrected chi connectivity index (χ1v) is 7.55. The number of allylic oxidation sites excluding steroid dienone is 2. The van der Waals surface area contributed by atoms with Crippen molar-refractivity contribution < 1.29 is 0 Å². The molecule has 0 fully saturated rings. The zero-order valence-electron chi connectivity index (χ0n) is 13.8. The highest BCUT2D eigenvalue weighted by Gasteiger charge is 2.16. The van der Waals surface area contributed by atoms with Crippen LogP contribution in [0.1, 0.15) is 80.6 Å². The second-order valence-electron chi connectivity index (χ2n) is 7.41. The van der Waals surface area contributed by atoms with E-state index in [4.69, 9.17) is 5.73 Å². The first-order chi connectivity index (χ1) is 8.07. The van der Waals surface area contributed by atoms with Crippen molar-refractivity contribution >= 4 is 0 Å². The Bertz CT molecular complexity index is 255. The highest BCUT2D eigenvalue weighted by molar-refractivity contribution is 5.08. The van der Waals surface area contributed by atoms with Gasteiger partial charge in [-0.3, -0.25) is 0 Å². The van der Waals surface area contributed by atoms with Crippen LogP contribution in [0.5, 0.6) is 0 Å². The zero-order chi connectivity index (χ0) is 14.4. The summed E-state index contributed by atoms with van der Waals surface area (Å²) in [6.07, 6.45) is 8.60. The molecule has 0 aliphatic carbocycles. The normalized spacial score (nSPS) is 15.9. The maximum atomic E-state index is 6.02. The Hall–Kier alpha value is -0.300. The van der Waals surface area contributed by atoms with Crippen LogP contribution in [-0.2, 0) is 0 Å². The van der Waals surface area contributed by atoms with Gasteiger partial charge in [-0.25, -0.2) is 0 Å². The molecule has 2 N–H and O–H groups in total. The Balaban J connectivity index is 4.25. The summed E-state index contributed by atoms with van der Waals surface area (Å²) in [4.78, 5) is 0. The maximum Gasteiger partial charge on any atom is 0.00970 e. The van der Waals surface area contributed by atoms with Crippen LogP contribution < -0.4 is 5.73 Å².